The first-order chi connectivity index (χ1) is 10.0. The van der Waals surface area contributed by atoms with E-state index < -0.39 is 0 Å². The Kier molecular flexibility index (Phi) is 5.82. The molecule has 1 aromatic heterocycles. The van der Waals surface area contributed by atoms with Crippen LogP contribution in [0.4, 0.5) is 0 Å². The van der Waals surface area contributed by atoms with Crippen molar-refractivity contribution in [3.8, 4) is 0 Å². The zero-order valence-electron chi connectivity index (χ0n) is 14.3. The van der Waals surface area contributed by atoms with Crippen molar-refractivity contribution in [1.82, 2.24) is 19.8 Å². The summed E-state index contributed by atoms with van der Waals surface area (Å²) in [6.45, 7) is 8.94. The minimum Gasteiger partial charge on any atom is -0.337 e. The molecule has 1 aromatic rings. The van der Waals surface area contributed by atoms with Crippen molar-refractivity contribution < 1.29 is 0 Å². The second-order valence-corrected chi connectivity index (χ2v) is 6.92. The van der Waals surface area contributed by atoms with Crippen LogP contribution in [0.5, 0.6) is 0 Å². The fraction of sp³-hybridized carbons (Fsp3) is 0.824. The molecule has 4 nitrogen and oxygen atoms in total. The van der Waals surface area contributed by atoms with E-state index in [4.69, 9.17) is 0 Å². The van der Waals surface area contributed by atoms with Gasteiger partial charge in [-0.05, 0) is 44.7 Å². The van der Waals surface area contributed by atoms with Gasteiger partial charge in [0, 0.05) is 31.5 Å². The predicted molar refractivity (Wildman–Crippen MR) is 88.1 cm³/mol. The van der Waals surface area contributed by atoms with Gasteiger partial charge < -0.3 is 9.88 Å². The number of hydrogen-bond acceptors (Lipinski definition) is 3. The lowest BCUT2D eigenvalue weighted by atomic mass is 9.76. The largest absolute Gasteiger partial charge is 0.337 e. The molecule has 4 heteroatoms. The van der Waals surface area contributed by atoms with E-state index >= 15 is 0 Å². The summed E-state index contributed by atoms with van der Waals surface area (Å²) < 4.78 is 2.13. The number of nitrogens with one attached hydrogen (secondary N) is 1. The monoisotopic (exact) mass is 292 g/mol. The van der Waals surface area contributed by atoms with Crippen LogP contribution in [-0.4, -0.2) is 40.1 Å². The first kappa shape index (κ1) is 16.5. The average molecular weight is 292 g/mol. The van der Waals surface area contributed by atoms with E-state index in [9.17, 15) is 0 Å². The average Bonchev–Trinajstić information content (AvgIpc) is 2.84. The third kappa shape index (κ3) is 4.07. The van der Waals surface area contributed by atoms with Crippen LogP contribution in [0.15, 0.2) is 12.4 Å². The van der Waals surface area contributed by atoms with Crippen molar-refractivity contribution in [1.29, 1.82) is 0 Å². The Labute approximate surface area is 129 Å². The zero-order valence-corrected chi connectivity index (χ0v) is 14.3. The molecule has 0 radical (unpaired) electrons. The molecule has 1 heterocycles. The maximum absolute atomic E-state index is 4.48. The van der Waals surface area contributed by atoms with Crippen LogP contribution in [-0.2, 0) is 13.6 Å². The minimum absolute atomic E-state index is 0.614. The van der Waals surface area contributed by atoms with Crippen molar-refractivity contribution >= 4 is 0 Å². The number of nitrogens with zero attached hydrogens (tertiary/aromatic N) is 3. The van der Waals surface area contributed by atoms with Gasteiger partial charge in [-0.1, -0.05) is 20.8 Å². The van der Waals surface area contributed by atoms with Crippen LogP contribution in [0.1, 0.15) is 45.9 Å². The Morgan fingerprint density at radius 2 is 2.19 bits per heavy atom. The van der Waals surface area contributed by atoms with E-state index in [1.165, 1.54) is 19.3 Å². The fourth-order valence-corrected chi connectivity index (χ4v) is 3.66. The van der Waals surface area contributed by atoms with Crippen molar-refractivity contribution in [3.05, 3.63) is 18.2 Å². The van der Waals surface area contributed by atoms with Gasteiger partial charge >= 0.3 is 0 Å². The molecule has 21 heavy (non-hydrogen) atoms. The number of rotatable bonds is 6. The highest BCUT2D eigenvalue weighted by Gasteiger charge is 2.33. The minimum atomic E-state index is 0.614. The molecule has 1 aliphatic rings. The third-order valence-electron chi connectivity index (χ3n) is 5.14. The van der Waals surface area contributed by atoms with Crippen molar-refractivity contribution in [3.63, 3.8) is 0 Å². The van der Waals surface area contributed by atoms with Gasteiger partial charge in [0.05, 0.1) is 6.54 Å². The molecule has 0 spiro atoms. The van der Waals surface area contributed by atoms with E-state index in [2.05, 4.69) is 54.6 Å². The van der Waals surface area contributed by atoms with Gasteiger partial charge in [-0.3, -0.25) is 4.90 Å². The smallest absolute Gasteiger partial charge is 0.122 e. The summed E-state index contributed by atoms with van der Waals surface area (Å²) in [4.78, 5) is 6.98. The summed E-state index contributed by atoms with van der Waals surface area (Å²) in [5.74, 6) is 2.80. The number of likely N-dealkylation sites (N-methyl/N-ethyl adjacent to an activating group) is 2. The first-order valence-corrected chi connectivity index (χ1v) is 8.42. The van der Waals surface area contributed by atoms with Gasteiger partial charge in [0.2, 0.25) is 0 Å². The van der Waals surface area contributed by atoms with Crippen molar-refractivity contribution in [2.75, 3.05) is 13.6 Å². The summed E-state index contributed by atoms with van der Waals surface area (Å²) in [7, 11) is 4.34. The molecule has 3 atom stereocenters. The second kappa shape index (κ2) is 7.41. The molecule has 0 saturated heterocycles. The van der Waals surface area contributed by atoms with Gasteiger partial charge in [-0.15, -0.1) is 0 Å². The van der Waals surface area contributed by atoms with Crippen LogP contribution >= 0.6 is 0 Å². The Balaban J connectivity index is 2.05. The molecule has 2 rings (SSSR count). The zero-order chi connectivity index (χ0) is 15.4. The molecule has 0 amide bonds. The fourth-order valence-electron chi connectivity index (χ4n) is 3.66. The van der Waals surface area contributed by atoms with Gasteiger partial charge in [0.1, 0.15) is 5.82 Å². The number of hydrogen-bond donors (Lipinski definition) is 1. The van der Waals surface area contributed by atoms with Crippen molar-refractivity contribution in [2.24, 2.45) is 18.9 Å². The van der Waals surface area contributed by atoms with E-state index in [-0.39, 0.29) is 0 Å². The lowest BCUT2D eigenvalue weighted by molar-refractivity contribution is 0.0958. The van der Waals surface area contributed by atoms with Gasteiger partial charge in [0.15, 0.2) is 0 Å². The lowest BCUT2D eigenvalue weighted by Gasteiger charge is -2.42. The van der Waals surface area contributed by atoms with E-state index in [0.29, 0.717) is 12.1 Å². The van der Waals surface area contributed by atoms with Gasteiger partial charge in [-0.2, -0.15) is 0 Å². The molecule has 0 aliphatic heterocycles. The molecular formula is C17H32N4. The standard InChI is InChI=1S/C17H32N4/c1-6-18-15-8-7-14(13(2)3)11-16(15)21(5)12-17-19-9-10-20(17)4/h9-10,13-16,18H,6-8,11-12H2,1-5H3. The summed E-state index contributed by atoms with van der Waals surface area (Å²) in [6, 6.07) is 1.23. The Bertz CT molecular complexity index is 426. The van der Waals surface area contributed by atoms with Crippen LogP contribution in [0, 0.1) is 11.8 Å². The molecule has 3 unspecified atom stereocenters. The van der Waals surface area contributed by atoms with Crippen molar-refractivity contribution in [2.45, 2.75) is 58.7 Å². The Hall–Kier alpha value is -0.870. The van der Waals surface area contributed by atoms with E-state index in [0.717, 1.165) is 30.7 Å². The highest BCUT2D eigenvalue weighted by Crippen LogP contribution is 2.32. The highest BCUT2D eigenvalue weighted by molar-refractivity contribution is 4.95. The quantitative estimate of drug-likeness (QED) is 0.875. The SMILES string of the molecule is CCNC1CCC(C(C)C)CC1N(C)Cc1nccn1C. The molecule has 0 aromatic carbocycles. The van der Waals surface area contributed by atoms with Gasteiger partial charge in [-0.25, -0.2) is 4.98 Å². The predicted octanol–water partition coefficient (Wildman–Crippen LogP) is 2.65. The topological polar surface area (TPSA) is 33.1 Å². The molecule has 1 N–H and O–H groups in total. The second-order valence-electron chi connectivity index (χ2n) is 6.92. The Morgan fingerprint density at radius 3 is 2.76 bits per heavy atom. The summed E-state index contributed by atoms with van der Waals surface area (Å²) >= 11 is 0. The van der Waals surface area contributed by atoms with Crippen LogP contribution in [0.3, 0.4) is 0 Å². The van der Waals surface area contributed by atoms with Crippen LogP contribution < -0.4 is 5.32 Å². The summed E-state index contributed by atoms with van der Waals surface area (Å²) in [5, 5.41) is 3.70. The summed E-state index contributed by atoms with van der Waals surface area (Å²) in [5.41, 5.74) is 0. The van der Waals surface area contributed by atoms with E-state index in [1.54, 1.807) is 0 Å². The molecule has 1 saturated carbocycles. The van der Waals surface area contributed by atoms with Crippen LogP contribution in [0.2, 0.25) is 0 Å². The van der Waals surface area contributed by atoms with Crippen LogP contribution in [0.25, 0.3) is 0 Å². The van der Waals surface area contributed by atoms with Gasteiger partial charge in [0.25, 0.3) is 0 Å². The summed E-state index contributed by atoms with van der Waals surface area (Å²) in [6.07, 6.45) is 7.88. The number of imidazole rings is 1. The lowest BCUT2D eigenvalue weighted by Crippen LogP contribution is -2.52. The molecule has 120 valence electrons. The van der Waals surface area contributed by atoms with E-state index in [1.807, 2.05) is 12.4 Å². The third-order valence-corrected chi connectivity index (χ3v) is 5.14. The number of aromatic nitrogens is 2. The molecule has 1 fully saturated rings. The maximum Gasteiger partial charge on any atom is 0.122 e. The highest BCUT2D eigenvalue weighted by atomic mass is 15.2. The number of aryl methyl sites for hydroxylation is 1. The maximum atomic E-state index is 4.48. The molecular weight excluding hydrogens is 260 g/mol. The molecule has 1 aliphatic carbocycles. The Morgan fingerprint density at radius 1 is 1.43 bits per heavy atom. The first-order valence-electron chi connectivity index (χ1n) is 8.42. The molecule has 0 bridgehead atoms. The normalized spacial score (nSPS) is 26.7.